The molecule has 0 saturated carbocycles. The average molecular weight is 1270 g/mol. The van der Waals surface area contributed by atoms with Crippen molar-refractivity contribution in [1.29, 1.82) is 0 Å². The number of hydrogen-bond acceptors (Lipinski definition) is 15. The molecule has 2 unspecified atom stereocenters. The van der Waals surface area contributed by atoms with Gasteiger partial charge in [-0.1, -0.05) is 297 Å². The molecule has 19 heteroatoms. The molecule has 0 amide bonds. The van der Waals surface area contributed by atoms with Crippen molar-refractivity contribution in [1.82, 2.24) is 0 Å². The number of phosphoric acid groups is 2. The minimum Gasteiger partial charge on any atom is -0.462 e. The monoisotopic (exact) mass is 1270 g/mol. The Morgan fingerprint density at radius 1 is 0.279 bits per heavy atom. The number of esters is 4. The molecule has 0 bridgehead atoms. The summed E-state index contributed by atoms with van der Waals surface area (Å²) < 4.78 is 67.8. The van der Waals surface area contributed by atoms with Crippen LogP contribution in [-0.4, -0.2) is 96.7 Å². The zero-order chi connectivity index (χ0) is 63.3. The SMILES string of the molecule is CCCCCCCCCCCCCCCCCCCCCCCC(=O)O[C@H](COC(=O)CCCCCCCCCCCCCCC)COP(=O)(O)OC[C@@H](O)COP(=O)(O)OC[C@@H](COC(=O)CCCCCCC)OC(=O)CCCCCCCCC. The first-order valence-electron chi connectivity index (χ1n) is 35.3. The van der Waals surface area contributed by atoms with Gasteiger partial charge in [0.2, 0.25) is 0 Å². The molecule has 0 aliphatic heterocycles. The molecule has 0 aromatic rings. The number of carbonyl (C=O) groups is 4. The van der Waals surface area contributed by atoms with Gasteiger partial charge in [-0.2, -0.15) is 0 Å². The van der Waals surface area contributed by atoms with Crippen LogP contribution in [0.2, 0.25) is 0 Å². The van der Waals surface area contributed by atoms with Crippen molar-refractivity contribution in [2.45, 2.75) is 367 Å². The molecule has 3 N–H and O–H groups in total. The maximum Gasteiger partial charge on any atom is 0.472 e. The molecule has 0 aliphatic carbocycles. The minimum atomic E-state index is -4.94. The van der Waals surface area contributed by atoms with Crippen molar-refractivity contribution >= 4 is 39.5 Å². The van der Waals surface area contributed by atoms with Gasteiger partial charge in [0.15, 0.2) is 12.2 Å². The van der Waals surface area contributed by atoms with E-state index in [1.807, 2.05) is 0 Å². The number of ether oxygens (including phenoxy) is 4. The van der Waals surface area contributed by atoms with Crippen molar-refractivity contribution in [2.24, 2.45) is 0 Å². The highest BCUT2D eigenvalue weighted by Crippen LogP contribution is 2.45. The topological polar surface area (TPSA) is 237 Å². The largest absolute Gasteiger partial charge is 0.472 e. The molecule has 86 heavy (non-hydrogen) atoms. The number of rotatable bonds is 68. The van der Waals surface area contributed by atoms with E-state index in [4.69, 9.17) is 37.0 Å². The Morgan fingerprint density at radius 3 is 0.686 bits per heavy atom. The van der Waals surface area contributed by atoms with Crippen molar-refractivity contribution in [2.75, 3.05) is 39.6 Å². The maximum atomic E-state index is 13.0. The predicted octanol–water partition coefficient (Wildman–Crippen LogP) is 19.1. The Labute approximate surface area is 524 Å². The quantitative estimate of drug-likeness (QED) is 0.0222. The summed E-state index contributed by atoms with van der Waals surface area (Å²) in [6.45, 7) is 4.78. The molecule has 0 saturated heterocycles. The first-order chi connectivity index (χ1) is 41.7. The Morgan fingerprint density at radius 2 is 0.465 bits per heavy atom. The van der Waals surface area contributed by atoms with Crippen LogP contribution in [-0.2, 0) is 65.4 Å². The first kappa shape index (κ1) is 84.1. The van der Waals surface area contributed by atoms with E-state index in [1.165, 1.54) is 161 Å². The predicted molar refractivity (Wildman–Crippen MR) is 345 cm³/mol. The second kappa shape index (κ2) is 61.9. The van der Waals surface area contributed by atoms with E-state index in [9.17, 15) is 43.2 Å². The Kier molecular flexibility index (Phi) is 60.5. The van der Waals surface area contributed by atoms with Gasteiger partial charge in [0.05, 0.1) is 26.4 Å². The fourth-order valence-corrected chi connectivity index (χ4v) is 11.7. The molecule has 510 valence electrons. The second-order valence-electron chi connectivity index (χ2n) is 24.2. The van der Waals surface area contributed by atoms with Crippen LogP contribution in [0.3, 0.4) is 0 Å². The van der Waals surface area contributed by atoms with Crippen LogP contribution in [0.1, 0.15) is 349 Å². The van der Waals surface area contributed by atoms with E-state index < -0.39 is 97.5 Å². The van der Waals surface area contributed by atoms with Crippen LogP contribution in [0.15, 0.2) is 0 Å². The lowest BCUT2D eigenvalue weighted by molar-refractivity contribution is -0.161. The van der Waals surface area contributed by atoms with Crippen LogP contribution >= 0.6 is 15.6 Å². The van der Waals surface area contributed by atoms with E-state index in [1.54, 1.807) is 0 Å². The van der Waals surface area contributed by atoms with Gasteiger partial charge in [-0.05, 0) is 25.7 Å². The highest BCUT2D eigenvalue weighted by atomic mass is 31.2. The fourth-order valence-electron chi connectivity index (χ4n) is 10.2. The van der Waals surface area contributed by atoms with Gasteiger partial charge in [0, 0.05) is 25.7 Å². The number of hydrogen-bond donors (Lipinski definition) is 3. The molecule has 0 rings (SSSR count). The summed E-state index contributed by atoms with van der Waals surface area (Å²) in [4.78, 5) is 71.9. The Hall–Kier alpha value is -1.94. The number of unbranched alkanes of at least 4 members (excludes halogenated alkanes) is 42. The summed E-state index contributed by atoms with van der Waals surface area (Å²) in [5.74, 6) is -2.14. The van der Waals surface area contributed by atoms with Crippen LogP contribution in [0.4, 0.5) is 0 Å². The minimum absolute atomic E-state index is 0.103. The third kappa shape index (κ3) is 60.9. The van der Waals surface area contributed by atoms with Crippen LogP contribution in [0.25, 0.3) is 0 Å². The van der Waals surface area contributed by atoms with E-state index in [2.05, 4.69) is 27.7 Å². The lowest BCUT2D eigenvalue weighted by Crippen LogP contribution is -2.30. The second-order valence-corrected chi connectivity index (χ2v) is 27.1. The first-order valence-corrected chi connectivity index (χ1v) is 38.3. The molecule has 0 fully saturated rings. The van der Waals surface area contributed by atoms with Crippen molar-refractivity contribution in [3.8, 4) is 0 Å². The van der Waals surface area contributed by atoms with E-state index in [0.717, 1.165) is 109 Å². The molecule has 5 atom stereocenters. The summed E-state index contributed by atoms with van der Waals surface area (Å²) in [6, 6.07) is 0. The molecule has 0 heterocycles. The highest BCUT2D eigenvalue weighted by molar-refractivity contribution is 7.47. The summed E-state index contributed by atoms with van der Waals surface area (Å²) in [7, 11) is -9.87. The zero-order valence-corrected chi connectivity index (χ0v) is 57.1. The van der Waals surface area contributed by atoms with Gasteiger partial charge in [0.25, 0.3) is 0 Å². The van der Waals surface area contributed by atoms with Gasteiger partial charge in [-0.3, -0.25) is 37.3 Å². The van der Waals surface area contributed by atoms with Gasteiger partial charge in [-0.15, -0.1) is 0 Å². The summed E-state index contributed by atoms with van der Waals surface area (Å²) >= 11 is 0. The fraction of sp³-hybridized carbons (Fsp3) is 0.940. The van der Waals surface area contributed by atoms with Crippen molar-refractivity contribution < 1.29 is 80.2 Å². The molecular weight excluding hydrogens is 1140 g/mol. The molecule has 0 aromatic carbocycles. The lowest BCUT2D eigenvalue weighted by Gasteiger charge is -2.21. The van der Waals surface area contributed by atoms with Gasteiger partial charge < -0.3 is 33.8 Å². The van der Waals surface area contributed by atoms with Crippen LogP contribution < -0.4 is 0 Å². The smallest absolute Gasteiger partial charge is 0.462 e. The summed E-state index contributed by atoms with van der Waals surface area (Å²) in [5, 5.41) is 10.5. The van der Waals surface area contributed by atoms with Crippen LogP contribution in [0.5, 0.6) is 0 Å². The number of aliphatic hydroxyl groups excluding tert-OH is 1. The van der Waals surface area contributed by atoms with Gasteiger partial charge in [-0.25, -0.2) is 9.13 Å². The highest BCUT2D eigenvalue weighted by Gasteiger charge is 2.30. The third-order valence-electron chi connectivity index (χ3n) is 15.6. The molecule has 17 nitrogen and oxygen atoms in total. The molecule has 0 spiro atoms. The third-order valence-corrected chi connectivity index (χ3v) is 17.5. The summed E-state index contributed by atoms with van der Waals surface area (Å²) in [6.07, 6.45) is 49.3. The van der Waals surface area contributed by atoms with Crippen molar-refractivity contribution in [3.63, 3.8) is 0 Å². The average Bonchev–Trinajstić information content (AvgIpc) is 3.63. The van der Waals surface area contributed by atoms with Gasteiger partial charge >= 0.3 is 39.5 Å². The van der Waals surface area contributed by atoms with E-state index in [0.29, 0.717) is 25.7 Å². The summed E-state index contributed by atoms with van der Waals surface area (Å²) in [5.41, 5.74) is 0. The number of phosphoric ester groups is 2. The van der Waals surface area contributed by atoms with Crippen molar-refractivity contribution in [3.05, 3.63) is 0 Å². The lowest BCUT2D eigenvalue weighted by atomic mass is 10.0. The molecule has 0 aliphatic rings. The Balaban J connectivity index is 5.07. The molecule has 0 aromatic heterocycles. The number of aliphatic hydroxyl groups is 1. The maximum absolute atomic E-state index is 13.0. The van der Waals surface area contributed by atoms with E-state index >= 15 is 0 Å². The van der Waals surface area contributed by atoms with Crippen LogP contribution in [0, 0.1) is 0 Å². The van der Waals surface area contributed by atoms with E-state index in [-0.39, 0.29) is 25.7 Å². The van der Waals surface area contributed by atoms with Gasteiger partial charge in [0.1, 0.15) is 19.3 Å². The number of carbonyl (C=O) groups excluding carboxylic acids is 4. The molecular formula is C67H130O17P2. The zero-order valence-electron chi connectivity index (χ0n) is 55.3. The standard InChI is InChI=1S/C67H130O17P2/c1-5-9-13-17-20-22-24-26-27-28-29-30-31-32-33-35-37-39-42-46-50-54-67(72)84-63(58-78-65(70)52-48-44-41-38-36-34-25-23-21-18-14-10-6-2)60-82-86(75,76)80-56-61(68)55-79-85(73,74)81-59-62(57-77-64(69)51-47-43-16-12-8-4)83-66(71)53-49-45-40-19-15-11-7-3/h61-63,68H,5-60H2,1-4H3,(H,73,74)(H,75,76)/t61-,62+,63+/m0/s1. The molecule has 0 radical (unpaired) electrons. The Bertz CT molecular complexity index is 1650. The normalized spacial score (nSPS) is 14.1.